The number of rotatable bonds is 5. The number of hydrogen-bond acceptors (Lipinski definition) is 7. The van der Waals surface area contributed by atoms with Crippen LogP contribution in [0.25, 0.3) is 0 Å². The lowest BCUT2D eigenvalue weighted by molar-refractivity contribution is -0.132. The molecule has 3 aliphatic heterocycles. The van der Waals surface area contributed by atoms with Crippen LogP contribution < -0.4 is 15.4 Å². The summed E-state index contributed by atoms with van der Waals surface area (Å²) in [5.74, 6) is 0.561. The van der Waals surface area contributed by atoms with Gasteiger partial charge in [-0.2, -0.15) is 0 Å². The normalized spacial score (nSPS) is 18.3. The number of thiophene rings is 1. The summed E-state index contributed by atoms with van der Waals surface area (Å²) in [6.45, 7) is 5.72. The highest BCUT2D eigenvalue weighted by molar-refractivity contribution is 7.12. The zero-order valence-corrected chi connectivity index (χ0v) is 18.7. The first-order valence-corrected chi connectivity index (χ1v) is 11.7. The van der Waals surface area contributed by atoms with Gasteiger partial charge >= 0.3 is 0 Å². The number of imide groups is 1. The first-order chi connectivity index (χ1) is 15.6. The van der Waals surface area contributed by atoms with Gasteiger partial charge in [-0.25, -0.2) is 0 Å². The molecule has 0 unspecified atom stereocenters. The van der Waals surface area contributed by atoms with Crippen LogP contribution in [0.5, 0.6) is 5.75 Å². The molecule has 3 aliphatic rings. The molecular weight excluding hydrogens is 430 g/mol. The van der Waals surface area contributed by atoms with Crippen molar-refractivity contribution in [1.29, 1.82) is 0 Å². The Balaban J connectivity index is 0.000000290. The summed E-state index contributed by atoms with van der Waals surface area (Å²) in [5, 5.41) is 6.96. The van der Waals surface area contributed by atoms with Gasteiger partial charge in [0.15, 0.2) is 0 Å². The van der Waals surface area contributed by atoms with Crippen molar-refractivity contribution in [2.24, 2.45) is 0 Å². The Labute approximate surface area is 192 Å². The summed E-state index contributed by atoms with van der Waals surface area (Å²) >= 11 is 1.45. The van der Waals surface area contributed by atoms with E-state index >= 15 is 0 Å². The number of carbonyl (C=O) groups excluding carboxylic acids is 3. The van der Waals surface area contributed by atoms with Crippen molar-refractivity contribution in [2.45, 2.75) is 39.0 Å². The Hall–Kier alpha value is -2.75. The molecule has 1 aromatic heterocycles. The molecule has 0 saturated carbocycles. The van der Waals surface area contributed by atoms with Crippen LogP contribution in [0.4, 0.5) is 0 Å². The van der Waals surface area contributed by atoms with Gasteiger partial charge in [0.25, 0.3) is 5.91 Å². The molecule has 0 radical (unpaired) electrons. The minimum Gasteiger partial charge on any atom is -0.488 e. The minimum atomic E-state index is -0.138. The molecular formula is C23H29N3O5S. The van der Waals surface area contributed by atoms with E-state index in [9.17, 15) is 14.4 Å². The molecule has 32 heavy (non-hydrogen) atoms. The summed E-state index contributed by atoms with van der Waals surface area (Å²) in [6, 6.07) is 8.56. The number of piperidine rings is 1. The van der Waals surface area contributed by atoms with Crippen LogP contribution in [0.2, 0.25) is 0 Å². The molecule has 2 N–H and O–H groups in total. The predicted octanol–water partition coefficient (Wildman–Crippen LogP) is 2.46. The molecule has 9 heteroatoms. The molecule has 2 saturated heterocycles. The molecule has 8 nitrogen and oxygen atoms in total. The van der Waals surface area contributed by atoms with Crippen LogP contribution >= 0.6 is 11.3 Å². The zero-order chi connectivity index (χ0) is 22.3. The van der Waals surface area contributed by atoms with E-state index in [1.54, 1.807) is 0 Å². The maximum Gasteiger partial charge on any atom is 0.262 e. The summed E-state index contributed by atoms with van der Waals surface area (Å²) in [5.41, 5.74) is 3.44. The molecule has 2 fully saturated rings. The van der Waals surface area contributed by atoms with E-state index in [-0.39, 0.29) is 19.1 Å². The average Bonchev–Trinajstić information content (AvgIpc) is 3.37. The summed E-state index contributed by atoms with van der Waals surface area (Å²) in [7, 11) is 0. The van der Waals surface area contributed by atoms with Crippen molar-refractivity contribution in [1.82, 2.24) is 15.5 Å². The number of nitrogens with zero attached hydrogens (tertiary/aromatic N) is 1. The van der Waals surface area contributed by atoms with E-state index in [1.165, 1.54) is 16.9 Å². The fraction of sp³-hybridized carbons (Fsp3) is 0.435. The molecule has 0 bridgehead atoms. The molecule has 0 atom stereocenters. The zero-order valence-electron chi connectivity index (χ0n) is 17.9. The van der Waals surface area contributed by atoms with Gasteiger partial charge in [0.2, 0.25) is 11.8 Å². The van der Waals surface area contributed by atoms with E-state index in [0.717, 1.165) is 54.6 Å². The fourth-order valence-electron chi connectivity index (χ4n) is 3.70. The van der Waals surface area contributed by atoms with Crippen molar-refractivity contribution < 1.29 is 25.3 Å². The molecule has 2 aromatic rings. The van der Waals surface area contributed by atoms with Gasteiger partial charge in [-0.15, -0.1) is 11.3 Å². The highest BCUT2D eigenvalue weighted by Gasteiger charge is 2.25. The number of nitrogens with one attached hydrogen (secondary N) is 2. The van der Waals surface area contributed by atoms with Crippen LogP contribution in [0.15, 0.2) is 29.6 Å². The Bertz CT molecular complexity index is 959. The molecule has 4 heterocycles. The quantitative estimate of drug-likeness (QED) is 0.667. The smallest absolute Gasteiger partial charge is 0.262 e. The third-order valence-corrected chi connectivity index (χ3v) is 6.50. The van der Waals surface area contributed by atoms with E-state index in [2.05, 4.69) is 39.8 Å². The van der Waals surface area contributed by atoms with Crippen LogP contribution in [-0.2, 0) is 34.0 Å². The lowest BCUT2D eigenvalue weighted by Crippen LogP contribution is -2.35. The SMILES string of the molecule is O=C1CCCC(=O)N1.O=C1NCc2c(OCc3ccc(CN4CCOCC4)cc3)csc21.[HH]. The van der Waals surface area contributed by atoms with Crippen LogP contribution in [0.1, 0.15) is 47.1 Å². The molecule has 0 spiro atoms. The fourth-order valence-corrected chi connectivity index (χ4v) is 4.63. The standard InChI is InChI=1S/C18H20N2O3S.C5H7NO2.H2/c21-18-17-15(9-19-18)16(12-24-17)23-11-14-3-1-13(2-4-14)10-20-5-7-22-8-6-20;7-4-2-1-3-5(8)6-4;/h1-4,12H,5-11H2,(H,19,21);1-3H2,(H,6,7,8);1H. The number of carbonyl (C=O) groups is 3. The third-order valence-electron chi connectivity index (χ3n) is 5.50. The van der Waals surface area contributed by atoms with E-state index in [0.29, 0.717) is 32.4 Å². The van der Waals surface area contributed by atoms with E-state index in [4.69, 9.17) is 9.47 Å². The molecule has 0 aliphatic carbocycles. The van der Waals surface area contributed by atoms with E-state index < -0.39 is 0 Å². The maximum absolute atomic E-state index is 11.6. The number of ether oxygens (including phenoxy) is 2. The van der Waals surface area contributed by atoms with Crippen molar-refractivity contribution in [3.8, 4) is 5.75 Å². The van der Waals surface area contributed by atoms with Crippen LogP contribution in [0.3, 0.4) is 0 Å². The summed E-state index contributed by atoms with van der Waals surface area (Å²) in [4.78, 5) is 35.5. The molecule has 5 rings (SSSR count). The van der Waals surface area contributed by atoms with Gasteiger partial charge < -0.3 is 14.8 Å². The first-order valence-electron chi connectivity index (χ1n) is 10.8. The number of hydrogen-bond donors (Lipinski definition) is 2. The lowest BCUT2D eigenvalue weighted by atomic mass is 10.1. The van der Waals surface area contributed by atoms with Crippen molar-refractivity contribution in [3.05, 3.63) is 51.2 Å². The van der Waals surface area contributed by atoms with Crippen molar-refractivity contribution in [3.63, 3.8) is 0 Å². The second kappa shape index (κ2) is 10.7. The highest BCUT2D eigenvalue weighted by atomic mass is 32.1. The van der Waals surface area contributed by atoms with Crippen molar-refractivity contribution >= 4 is 29.1 Å². The third kappa shape index (κ3) is 5.93. The van der Waals surface area contributed by atoms with Crippen LogP contribution in [-0.4, -0.2) is 48.9 Å². The van der Waals surface area contributed by atoms with Crippen LogP contribution in [0, 0.1) is 0 Å². The monoisotopic (exact) mass is 459 g/mol. The second-order valence-electron chi connectivity index (χ2n) is 7.91. The highest BCUT2D eigenvalue weighted by Crippen LogP contribution is 2.33. The molecule has 1 aromatic carbocycles. The largest absolute Gasteiger partial charge is 0.488 e. The predicted molar refractivity (Wildman–Crippen MR) is 121 cm³/mol. The Morgan fingerprint density at radius 1 is 1.03 bits per heavy atom. The van der Waals surface area contributed by atoms with Gasteiger partial charge in [0, 0.05) is 51.4 Å². The summed E-state index contributed by atoms with van der Waals surface area (Å²) in [6.07, 6.45) is 1.72. The first kappa shape index (κ1) is 22.4. The lowest BCUT2D eigenvalue weighted by Gasteiger charge is -2.26. The minimum absolute atomic E-state index is 0. The molecule has 3 amide bonds. The van der Waals surface area contributed by atoms with Gasteiger partial charge in [0.05, 0.1) is 13.2 Å². The Morgan fingerprint density at radius 3 is 2.38 bits per heavy atom. The number of morpholine rings is 1. The van der Waals surface area contributed by atoms with Crippen molar-refractivity contribution in [2.75, 3.05) is 26.3 Å². The Kier molecular flexibility index (Phi) is 7.51. The van der Waals surface area contributed by atoms with Gasteiger partial charge in [-0.05, 0) is 17.5 Å². The average molecular weight is 460 g/mol. The second-order valence-corrected chi connectivity index (χ2v) is 8.79. The molecule has 172 valence electrons. The van der Waals surface area contributed by atoms with E-state index in [1.807, 2.05) is 5.38 Å². The Morgan fingerprint density at radius 2 is 1.72 bits per heavy atom. The van der Waals surface area contributed by atoms with Gasteiger partial charge in [-0.3, -0.25) is 24.6 Å². The number of fused-ring (bicyclic) bond motifs is 1. The number of benzene rings is 1. The topological polar surface area (TPSA) is 97.0 Å². The summed E-state index contributed by atoms with van der Waals surface area (Å²) < 4.78 is 11.3. The van der Waals surface area contributed by atoms with Gasteiger partial charge in [0.1, 0.15) is 17.2 Å². The number of amides is 3. The maximum atomic E-state index is 11.6. The van der Waals surface area contributed by atoms with Gasteiger partial charge in [-0.1, -0.05) is 24.3 Å².